The molecule has 6 rings (SSSR count). The zero-order chi connectivity index (χ0) is 20.9. The van der Waals surface area contributed by atoms with E-state index in [1.165, 1.54) is 22.3 Å². The summed E-state index contributed by atoms with van der Waals surface area (Å²) in [5.41, 5.74) is 6.92. The normalized spacial score (nSPS) is 17.4. The fraction of sp³-hybridized carbons (Fsp3) is 0.435. The monoisotopic (exact) mass is 417 g/mol. The molecule has 1 N–H and O–H groups in total. The van der Waals surface area contributed by atoms with Gasteiger partial charge in [-0.15, -0.1) is 0 Å². The van der Waals surface area contributed by atoms with Crippen LogP contribution in [0.2, 0.25) is 0 Å². The molecule has 8 nitrogen and oxygen atoms in total. The van der Waals surface area contributed by atoms with Crippen LogP contribution >= 0.6 is 0 Å². The molecular weight excluding hydrogens is 390 g/mol. The van der Waals surface area contributed by atoms with Gasteiger partial charge in [-0.05, 0) is 31.9 Å². The molecule has 0 amide bonds. The van der Waals surface area contributed by atoms with Crippen LogP contribution in [0.1, 0.15) is 35.8 Å². The first-order valence-corrected chi connectivity index (χ1v) is 11.1. The molecule has 8 heteroatoms. The lowest BCUT2D eigenvalue weighted by Gasteiger charge is -2.25. The number of ether oxygens (including phenoxy) is 1. The molecule has 160 valence electrons. The molecule has 31 heavy (non-hydrogen) atoms. The summed E-state index contributed by atoms with van der Waals surface area (Å²) in [6.07, 6.45) is 8.90. The van der Waals surface area contributed by atoms with E-state index in [9.17, 15) is 0 Å². The van der Waals surface area contributed by atoms with E-state index in [1.54, 1.807) is 4.68 Å². The van der Waals surface area contributed by atoms with Gasteiger partial charge >= 0.3 is 0 Å². The van der Waals surface area contributed by atoms with Crippen LogP contribution in [0.4, 0.5) is 0 Å². The standard InChI is InChI=1S/C23H27N7O/c1-15-9-16-10-20(17-11-26-28(2)14-17)25-13-22(16)29(15)23-19-12-24-6-3-21(19)30(27-23)18-4-7-31-8-5-18/h9-11,13-14,18,24H,3-8,12H2,1-2H3. The number of aromatic nitrogens is 6. The number of rotatable bonds is 3. The smallest absolute Gasteiger partial charge is 0.164 e. The van der Waals surface area contributed by atoms with Crippen molar-refractivity contribution in [2.75, 3.05) is 19.8 Å². The van der Waals surface area contributed by atoms with Crippen LogP contribution in [-0.2, 0) is 24.8 Å². The topological polar surface area (TPSA) is 74.7 Å². The van der Waals surface area contributed by atoms with Crippen LogP contribution in [-0.4, -0.2) is 48.9 Å². The minimum Gasteiger partial charge on any atom is -0.381 e. The van der Waals surface area contributed by atoms with Crippen LogP contribution in [0.3, 0.4) is 0 Å². The van der Waals surface area contributed by atoms with Gasteiger partial charge in [0.2, 0.25) is 0 Å². The van der Waals surface area contributed by atoms with Gasteiger partial charge in [-0.2, -0.15) is 10.2 Å². The fourth-order valence-electron chi connectivity index (χ4n) is 5.01. The number of hydrogen-bond acceptors (Lipinski definition) is 5. The molecule has 0 bridgehead atoms. The molecule has 2 aliphatic rings. The van der Waals surface area contributed by atoms with Crippen molar-refractivity contribution in [1.82, 2.24) is 34.4 Å². The van der Waals surface area contributed by atoms with E-state index in [0.29, 0.717) is 6.04 Å². The highest BCUT2D eigenvalue weighted by atomic mass is 16.5. The maximum Gasteiger partial charge on any atom is 0.164 e. The largest absolute Gasteiger partial charge is 0.381 e. The number of nitrogens with one attached hydrogen (secondary N) is 1. The molecule has 0 aliphatic carbocycles. The van der Waals surface area contributed by atoms with Crippen molar-refractivity contribution in [3.8, 4) is 17.1 Å². The maximum atomic E-state index is 5.60. The molecule has 0 saturated carbocycles. The Bertz CT molecular complexity index is 1260. The Morgan fingerprint density at radius 2 is 2.03 bits per heavy atom. The van der Waals surface area contributed by atoms with Gasteiger partial charge in [0, 0.05) is 73.9 Å². The Labute approximate surface area is 180 Å². The first kappa shape index (κ1) is 18.8. The highest BCUT2D eigenvalue weighted by Crippen LogP contribution is 2.33. The Kier molecular flexibility index (Phi) is 4.43. The number of pyridine rings is 1. The third-order valence-electron chi connectivity index (χ3n) is 6.56. The van der Waals surface area contributed by atoms with E-state index in [2.05, 4.69) is 38.7 Å². The summed E-state index contributed by atoms with van der Waals surface area (Å²) in [7, 11) is 1.93. The van der Waals surface area contributed by atoms with Gasteiger partial charge in [0.25, 0.3) is 0 Å². The van der Waals surface area contributed by atoms with Gasteiger partial charge in [-0.25, -0.2) is 0 Å². The lowest BCUT2D eigenvalue weighted by atomic mass is 10.1. The van der Waals surface area contributed by atoms with Crippen molar-refractivity contribution in [2.24, 2.45) is 7.05 Å². The number of fused-ring (bicyclic) bond motifs is 2. The van der Waals surface area contributed by atoms with E-state index < -0.39 is 0 Å². The highest BCUT2D eigenvalue weighted by Gasteiger charge is 2.28. The molecule has 0 unspecified atom stereocenters. The van der Waals surface area contributed by atoms with E-state index in [0.717, 1.165) is 68.2 Å². The maximum absolute atomic E-state index is 5.60. The Hall–Kier alpha value is -2.97. The highest BCUT2D eigenvalue weighted by molar-refractivity contribution is 5.85. The third kappa shape index (κ3) is 3.09. The van der Waals surface area contributed by atoms with Gasteiger partial charge in [-0.3, -0.25) is 18.9 Å². The summed E-state index contributed by atoms with van der Waals surface area (Å²) in [6, 6.07) is 4.80. The zero-order valence-corrected chi connectivity index (χ0v) is 18.0. The minimum atomic E-state index is 0.423. The summed E-state index contributed by atoms with van der Waals surface area (Å²) in [6.45, 7) is 5.65. The van der Waals surface area contributed by atoms with Crippen LogP contribution in [0.25, 0.3) is 28.0 Å². The van der Waals surface area contributed by atoms with E-state index in [-0.39, 0.29) is 0 Å². The fourth-order valence-corrected chi connectivity index (χ4v) is 5.01. The van der Waals surface area contributed by atoms with Crippen LogP contribution < -0.4 is 5.32 Å². The van der Waals surface area contributed by atoms with Crippen molar-refractivity contribution in [1.29, 1.82) is 0 Å². The molecule has 6 heterocycles. The van der Waals surface area contributed by atoms with Crippen molar-refractivity contribution >= 4 is 10.9 Å². The Morgan fingerprint density at radius 1 is 1.16 bits per heavy atom. The Balaban J connectivity index is 1.48. The van der Waals surface area contributed by atoms with Crippen molar-refractivity contribution < 1.29 is 4.74 Å². The zero-order valence-electron chi connectivity index (χ0n) is 18.0. The van der Waals surface area contributed by atoms with Crippen LogP contribution in [0.5, 0.6) is 0 Å². The molecule has 0 spiro atoms. The van der Waals surface area contributed by atoms with E-state index in [1.807, 2.05) is 25.6 Å². The molecule has 4 aromatic rings. The number of aryl methyl sites for hydroxylation is 2. The second-order valence-corrected chi connectivity index (χ2v) is 8.62. The average Bonchev–Trinajstić information content (AvgIpc) is 3.48. The lowest BCUT2D eigenvalue weighted by molar-refractivity contribution is 0.0653. The van der Waals surface area contributed by atoms with E-state index in [4.69, 9.17) is 14.8 Å². The van der Waals surface area contributed by atoms with Gasteiger partial charge in [-0.1, -0.05) is 0 Å². The van der Waals surface area contributed by atoms with Crippen LogP contribution in [0, 0.1) is 6.92 Å². The summed E-state index contributed by atoms with van der Waals surface area (Å²) < 4.78 is 12.0. The molecule has 2 aliphatic heterocycles. The predicted octanol–water partition coefficient (Wildman–Crippen LogP) is 2.93. The Morgan fingerprint density at radius 3 is 2.84 bits per heavy atom. The third-order valence-corrected chi connectivity index (χ3v) is 6.56. The number of nitrogens with zero attached hydrogens (tertiary/aromatic N) is 6. The molecule has 1 saturated heterocycles. The van der Waals surface area contributed by atoms with Crippen molar-refractivity contribution in [3.63, 3.8) is 0 Å². The second kappa shape index (κ2) is 7.32. The summed E-state index contributed by atoms with van der Waals surface area (Å²) in [5.74, 6) is 1.04. The summed E-state index contributed by atoms with van der Waals surface area (Å²) in [5, 5.41) is 14.2. The summed E-state index contributed by atoms with van der Waals surface area (Å²) >= 11 is 0. The second-order valence-electron chi connectivity index (χ2n) is 8.62. The quantitative estimate of drug-likeness (QED) is 0.555. The van der Waals surface area contributed by atoms with Crippen molar-refractivity contribution in [2.45, 2.75) is 38.8 Å². The minimum absolute atomic E-state index is 0.423. The molecule has 4 aromatic heterocycles. The summed E-state index contributed by atoms with van der Waals surface area (Å²) in [4.78, 5) is 4.76. The van der Waals surface area contributed by atoms with Gasteiger partial charge in [0.15, 0.2) is 5.82 Å². The first-order valence-electron chi connectivity index (χ1n) is 11.1. The molecule has 0 aromatic carbocycles. The predicted molar refractivity (Wildman–Crippen MR) is 118 cm³/mol. The molecule has 0 radical (unpaired) electrons. The van der Waals surface area contributed by atoms with Gasteiger partial charge < -0.3 is 10.1 Å². The van der Waals surface area contributed by atoms with Crippen LogP contribution in [0.15, 0.2) is 30.7 Å². The average molecular weight is 418 g/mol. The van der Waals surface area contributed by atoms with E-state index >= 15 is 0 Å². The van der Waals surface area contributed by atoms with Gasteiger partial charge in [0.05, 0.1) is 29.6 Å². The number of hydrogen-bond donors (Lipinski definition) is 1. The van der Waals surface area contributed by atoms with Crippen molar-refractivity contribution in [3.05, 3.63) is 47.7 Å². The molecule has 1 fully saturated rings. The SMILES string of the molecule is Cc1cc2cc(-c3cnn(C)c3)ncc2n1-c1nn(C2CCOCC2)c2c1CNCC2. The lowest BCUT2D eigenvalue weighted by Crippen LogP contribution is -2.28. The molecular formula is C23H27N7O. The van der Waals surface area contributed by atoms with Gasteiger partial charge in [0.1, 0.15) is 0 Å². The first-order chi connectivity index (χ1) is 15.2. The molecule has 0 atom stereocenters.